The number of benzene rings is 2. The van der Waals surface area contributed by atoms with Crippen LogP contribution in [0.15, 0.2) is 42.5 Å². The normalized spacial score (nSPS) is 12.2. The highest BCUT2D eigenvalue weighted by Gasteiger charge is 2.18. The molecule has 0 aromatic heterocycles. The summed E-state index contributed by atoms with van der Waals surface area (Å²) in [5.74, 6) is 0.355. The summed E-state index contributed by atoms with van der Waals surface area (Å²) in [6.45, 7) is 8.31. The fraction of sp³-hybridized carbons (Fsp3) is 0.333. The van der Waals surface area contributed by atoms with Gasteiger partial charge in [0.2, 0.25) is 0 Å². The third-order valence-corrected chi connectivity index (χ3v) is 3.97. The Morgan fingerprint density at radius 1 is 1.00 bits per heavy atom. The Kier molecular flexibility index (Phi) is 4.34. The van der Waals surface area contributed by atoms with E-state index < -0.39 is 10.1 Å². The molecule has 118 valence electrons. The summed E-state index contributed by atoms with van der Waals surface area (Å²) < 4.78 is 28.0. The number of hydrogen-bond acceptors (Lipinski definition) is 3. The monoisotopic (exact) mass is 318 g/mol. The van der Waals surface area contributed by atoms with Crippen molar-refractivity contribution in [2.45, 2.75) is 33.1 Å². The molecule has 0 aliphatic rings. The zero-order chi connectivity index (χ0) is 16.5. The first-order chi connectivity index (χ1) is 10.1. The van der Waals surface area contributed by atoms with E-state index >= 15 is 0 Å². The van der Waals surface area contributed by atoms with Crippen LogP contribution >= 0.6 is 0 Å². The van der Waals surface area contributed by atoms with E-state index in [0.717, 1.165) is 28.5 Å². The Bertz CT molecular complexity index is 784. The number of aryl methyl sites for hydroxylation is 1. The van der Waals surface area contributed by atoms with Crippen LogP contribution in [-0.4, -0.2) is 14.7 Å². The van der Waals surface area contributed by atoms with Crippen molar-refractivity contribution < 1.29 is 12.6 Å². The first-order valence-electron chi connectivity index (χ1n) is 7.17. The van der Waals surface area contributed by atoms with Gasteiger partial charge in [-0.3, -0.25) is 0 Å². The molecule has 0 spiro atoms. The lowest BCUT2D eigenvalue weighted by Crippen LogP contribution is -2.12. The molecule has 0 unspecified atom stereocenters. The molecule has 0 aliphatic heterocycles. The van der Waals surface area contributed by atoms with Crippen molar-refractivity contribution >= 4 is 10.1 Å². The lowest BCUT2D eigenvalue weighted by molar-refractivity contribution is 0.490. The van der Waals surface area contributed by atoms with Crippen LogP contribution in [0.25, 0.3) is 11.1 Å². The first kappa shape index (κ1) is 16.6. The van der Waals surface area contributed by atoms with Crippen LogP contribution in [0, 0.1) is 6.92 Å². The summed E-state index contributed by atoms with van der Waals surface area (Å²) in [6, 6.07) is 13.7. The van der Waals surface area contributed by atoms with Gasteiger partial charge in [0, 0.05) is 0 Å². The van der Waals surface area contributed by atoms with E-state index in [-0.39, 0.29) is 5.41 Å². The van der Waals surface area contributed by atoms with Gasteiger partial charge < -0.3 is 4.18 Å². The summed E-state index contributed by atoms with van der Waals surface area (Å²) >= 11 is 0. The van der Waals surface area contributed by atoms with Gasteiger partial charge in [-0.2, -0.15) is 8.42 Å². The highest BCUT2D eigenvalue weighted by Crippen LogP contribution is 2.33. The highest BCUT2D eigenvalue weighted by molar-refractivity contribution is 7.86. The predicted molar refractivity (Wildman–Crippen MR) is 90.8 cm³/mol. The molecule has 0 bridgehead atoms. The Balaban J connectivity index is 2.64. The third kappa shape index (κ3) is 4.10. The molecule has 0 atom stereocenters. The van der Waals surface area contributed by atoms with Crippen LogP contribution in [0.4, 0.5) is 0 Å². The zero-order valence-corrected chi connectivity index (χ0v) is 14.5. The second-order valence-electron chi connectivity index (χ2n) is 6.60. The van der Waals surface area contributed by atoms with E-state index in [1.165, 1.54) is 0 Å². The highest BCUT2D eigenvalue weighted by atomic mass is 32.2. The third-order valence-electron chi connectivity index (χ3n) is 3.48. The van der Waals surface area contributed by atoms with E-state index in [4.69, 9.17) is 4.18 Å². The smallest absolute Gasteiger partial charge is 0.306 e. The summed E-state index contributed by atoms with van der Waals surface area (Å²) in [6.07, 6.45) is 1.06. The zero-order valence-electron chi connectivity index (χ0n) is 13.7. The van der Waals surface area contributed by atoms with Crippen LogP contribution in [0.5, 0.6) is 5.75 Å². The Morgan fingerprint density at radius 3 is 2.18 bits per heavy atom. The maximum absolute atomic E-state index is 11.5. The van der Waals surface area contributed by atoms with Crippen molar-refractivity contribution in [3.05, 3.63) is 53.6 Å². The Morgan fingerprint density at radius 2 is 1.64 bits per heavy atom. The SMILES string of the molecule is Cc1ccccc1-c1cc(OS(C)(=O)=O)cc(C(C)(C)C)c1. The molecule has 0 amide bonds. The molecule has 0 saturated heterocycles. The van der Waals surface area contributed by atoms with Gasteiger partial charge in [0.15, 0.2) is 0 Å². The molecule has 2 rings (SSSR count). The maximum Gasteiger partial charge on any atom is 0.306 e. The van der Waals surface area contributed by atoms with Gasteiger partial charge in [-0.1, -0.05) is 51.1 Å². The molecule has 0 N–H and O–H groups in total. The van der Waals surface area contributed by atoms with Crippen LogP contribution < -0.4 is 4.18 Å². The quantitative estimate of drug-likeness (QED) is 0.793. The van der Waals surface area contributed by atoms with Gasteiger partial charge in [0.25, 0.3) is 0 Å². The van der Waals surface area contributed by atoms with Crippen LogP contribution in [0.1, 0.15) is 31.9 Å². The summed E-state index contributed by atoms with van der Waals surface area (Å²) in [5.41, 5.74) is 4.11. The molecular formula is C18H22O3S. The molecule has 2 aromatic rings. The molecule has 0 saturated carbocycles. The van der Waals surface area contributed by atoms with Crippen LogP contribution in [0.2, 0.25) is 0 Å². The molecule has 3 nitrogen and oxygen atoms in total. The molecule has 0 radical (unpaired) electrons. The van der Waals surface area contributed by atoms with Gasteiger partial charge in [-0.15, -0.1) is 0 Å². The Hall–Kier alpha value is -1.81. The molecular weight excluding hydrogens is 296 g/mol. The van der Waals surface area contributed by atoms with E-state index in [1.807, 2.05) is 31.2 Å². The maximum atomic E-state index is 11.5. The average molecular weight is 318 g/mol. The fourth-order valence-corrected chi connectivity index (χ4v) is 2.75. The van der Waals surface area contributed by atoms with Gasteiger partial charge in [0.1, 0.15) is 5.75 Å². The van der Waals surface area contributed by atoms with Crippen LogP contribution in [0.3, 0.4) is 0 Å². The topological polar surface area (TPSA) is 43.4 Å². The molecule has 0 fully saturated rings. The lowest BCUT2D eigenvalue weighted by atomic mass is 9.85. The number of hydrogen-bond donors (Lipinski definition) is 0. The van der Waals surface area contributed by atoms with E-state index in [1.54, 1.807) is 12.1 Å². The molecule has 0 aliphatic carbocycles. The summed E-state index contributed by atoms with van der Waals surface area (Å²) in [7, 11) is -3.55. The van der Waals surface area contributed by atoms with Gasteiger partial charge in [0.05, 0.1) is 6.26 Å². The predicted octanol–water partition coefficient (Wildman–Crippen LogP) is 4.30. The average Bonchev–Trinajstić information content (AvgIpc) is 2.35. The molecule has 2 aromatic carbocycles. The summed E-state index contributed by atoms with van der Waals surface area (Å²) in [4.78, 5) is 0. The molecule has 4 heteroatoms. The molecule has 22 heavy (non-hydrogen) atoms. The van der Waals surface area contributed by atoms with Crippen molar-refractivity contribution in [1.29, 1.82) is 0 Å². The van der Waals surface area contributed by atoms with E-state index in [0.29, 0.717) is 5.75 Å². The van der Waals surface area contributed by atoms with Crippen molar-refractivity contribution in [2.24, 2.45) is 0 Å². The van der Waals surface area contributed by atoms with Crippen LogP contribution in [-0.2, 0) is 15.5 Å². The van der Waals surface area contributed by atoms with Crippen molar-refractivity contribution in [3.63, 3.8) is 0 Å². The van der Waals surface area contributed by atoms with Gasteiger partial charge in [-0.05, 0) is 46.7 Å². The second kappa shape index (κ2) is 5.76. The van der Waals surface area contributed by atoms with Gasteiger partial charge >= 0.3 is 10.1 Å². The minimum atomic E-state index is -3.55. The number of rotatable bonds is 3. The van der Waals surface area contributed by atoms with Crippen molar-refractivity contribution in [2.75, 3.05) is 6.26 Å². The minimum Gasteiger partial charge on any atom is -0.383 e. The second-order valence-corrected chi connectivity index (χ2v) is 8.17. The summed E-state index contributed by atoms with van der Waals surface area (Å²) in [5, 5.41) is 0. The van der Waals surface area contributed by atoms with Crippen molar-refractivity contribution in [1.82, 2.24) is 0 Å². The van der Waals surface area contributed by atoms with Gasteiger partial charge in [-0.25, -0.2) is 0 Å². The lowest BCUT2D eigenvalue weighted by Gasteiger charge is -2.21. The molecule has 0 heterocycles. The van der Waals surface area contributed by atoms with E-state index in [9.17, 15) is 8.42 Å². The van der Waals surface area contributed by atoms with Crippen molar-refractivity contribution in [3.8, 4) is 16.9 Å². The van der Waals surface area contributed by atoms with E-state index in [2.05, 4.69) is 26.8 Å². The Labute approximate surface area is 133 Å². The standard InChI is InChI=1S/C18H22O3S/c1-13-8-6-7-9-17(13)14-10-15(18(2,3)4)12-16(11-14)21-22(5,19)20/h6-12H,1-5H3. The largest absolute Gasteiger partial charge is 0.383 e. The first-order valence-corrected chi connectivity index (χ1v) is 8.99. The fourth-order valence-electron chi connectivity index (χ4n) is 2.31. The minimum absolute atomic E-state index is 0.103.